The van der Waals surface area contributed by atoms with Crippen LogP contribution in [0.2, 0.25) is 0 Å². The van der Waals surface area contributed by atoms with Crippen LogP contribution in [0.5, 0.6) is 11.6 Å². The van der Waals surface area contributed by atoms with E-state index < -0.39 is 11.5 Å². The predicted molar refractivity (Wildman–Crippen MR) is 77.0 cm³/mol. The number of hydrogen-bond acceptors (Lipinski definition) is 4. The van der Waals surface area contributed by atoms with Gasteiger partial charge >= 0.3 is 11.5 Å². The summed E-state index contributed by atoms with van der Waals surface area (Å²) < 4.78 is 6.94. The normalized spacial score (nSPS) is 11.2. The van der Waals surface area contributed by atoms with E-state index in [-0.39, 0.29) is 22.8 Å². The Morgan fingerprint density at radius 1 is 1.33 bits per heavy atom. The molecule has 2 rings (SSSR count). The molecule has 0 unspecified atom stereocenters. The van der Waals surface area contributed by atoms with Gasteiger partial charge < -0.3 is 14.4 Å². The minimum atomic E-state index is -1.06. The maximum atomic E-state index is 12.3. The molecule has 6 nitrogen and oxygen atoms in total. The molecule has 0 bridgehead atoms. The first-order valence-corrected chi connectivity index (χ1v) is 6.38. The number of carboxylic acid groups (broad SMARTS) is 1. The first-order valence-electron chi connectivity index (χ1n) is 6.38. The number of carboxylic acids is 1. The van der Waals surface area contributed by atoms with E-state index in [2.05, 4.69) is 4.98 Å². The molecule has 1 N–H and O–H groups in total. The third-order valence-electron chi connectivity index (χ3n) is 2.83. The monoisotopic (exact) mass is 288 g/mol. The van der Waals surface area contributed by atoms with Crippen molar-refractivity contribution in [3.8, 4) is 11.6 Å². The van der Waals surface area contributed by atoms with Gasteiger partial charge in [-0.1, -0.05) is 6.07 Å². The molecule has 0 aliphatic carbocycles. The van der Waals surface area contributed by atoms with E-state index in [0.717, 1.165) is 0 Å². The number of aromatic carboxylic acids is 1. The van der Waals surface area contributed by atoms with Gasteiger partial charge in [-0.15, -0.1) is 0 Å². The molecule has 1 aromatic heterocycles. The lowest BCUT2D eigenvalue weighted by molar-refractivity contribution is 0.0696. The van der Waals surface area contributed by atoms with Crippen molar-refractivity contribution in [2.75, 3.05) is 0 Å². The molecule has 6 heteroatoms. The summed E-state index contributed by atoms with van der Waals surface area (Å²) in [4.78, 5) is 27.1. The Morgan fingerprint density at radius 2 is 2.05 bits per heavy atom. The summed E-state index contributed by atoms with van der Waals surface area (Å²) in [5.41, 5.74) is -0.688. The van der Waals surface area contributed by atoms with Gasteiger partial charge in [-0.05, 0) is 39.0 Å². The van der Waals surface area contributed by atoms with Gasteiger partial charge in [-0.3, -0.25) is 4.79 Å². The van der Waals surface area contributed by atoms with Gasteiger partial charge in [-0.25, -0.2) is 9.78 Å². The van der Waals surface area contributed by atoms with Crippen molar-refractivity contribution in [2.24, 2.45) is 0 Å². The fourth-order valence-electron chi connectivity index (χ4n) is 1.80. The molecule has 110 valence electrons. The van der Waals surface area contributed by atoms with Crippen molar-refractivity contribution in [3.05, 3.63) is 52.6 Å². The number of benzene rings is 1. The van der Waals surface area contributed by atoms with Crippen LogP contribution >= 0.6 is 0 Å². The first kappa shape index (κ1) is 14.8. The van der Waals surface area contributed by atoms with Crippen LogP contribution in [0.3, 0.4) is 0 Å². The SMILES string of the molecule is CC(C)(C)n1ccnc(Oc2cccc(C(=O)O)c2)c1=O. The zero-order chi connectivity index (χ0) is 15.6. The lowest BCUT2D eigenvalue weighted by Gasteiger charge is -2.22. The zero-order valence-electron chi connectivity index (χ0n) is 12.0. The van der Waals surface area contributed by atoms with E-state index in [0.29, 0.717) is 0 Å². The summed E-state index contributed by atoms with van der Waals surface area (Å²) in [6, 6.07) is 5.91. The second kappa shape index (κ2) is 5.40. The van der Waals surface area contributed by atoms with E-state index in [4.69, 9.17) is 9.84 Å². The second-order valence-electron chi connectivity index (χ2n) is 5.51. The summed E-state index contributed by atoms with van der Waals surface area (Å²) in [5, 5.41) is 8.94. The molecule has 1 heterocycles. The van der Waals surface area contributed by atoms with Gasteiger partial charge in [0, 0.05) is 17.9 Å². The molecule has 0 spiro atoms. The third kappa shape index (κ3) is 3.28. The van der Waals surface area contributed by atoms with Crippen molar-refractivity contribution in [3.63, 3.8) is 0 Å². The topological polar surface area (TPSA) is 81.4 Å². The molecule has 0 atom stereocenters. The van der Waals surface area contributed by atoms with Gasteiger partial charge in [0.15, 0.2) is 0 Å². The van der Waals surface area contributed by atoms with Crippen LogP contribution in [-0.2, 0) is 5.54 Å². The number of aromatic nitrogens is 2. The van der Waals surface area contributed by atoms with E-state index >= 15 is 0 Å². The smallest absolute Gasteiger partial charge is 0.335 e. The molecule has 21 heavy (non-hydrogen) atoms. The number of rotatable bonds is 3. The van der Waals surface area contributed by atoms with Crippen LogP contribution in [0.15, 0.2) is 41.5 Å². The lowest BCUT2D eigenvalue weighted by Crippen LogP contribution is -2.34. The summed E-state index contributed by atoms with van der Waals surface area (Å²) in [6.45, 7) is 5.68. The summed E-state index contributed by atoms with van der Waals surface area (Å²) >= 11 is 0. The van der Waals surface area contributed by atoms with Crippen molar-refractivity contribution in [1.82, 2.24) is 9.55 Å². The standard InChI is InChI=1S/C15H16N2O4/c1-15(2,3)17-8-7-16-12(13(17)18)21-11-6-4-5-10(9-11)14(19)20/h4-9H,1-3H3,(H,19,20). The highest BCUT2D eigenvalue weighted by Crippen LogP contribution is 2.19. The Labute approximate surface area is 121 Å². The number of hydrogen-bond donors (Lipinski definition) is 1. The number of ether oxygens (including phenoxy) is 1. The van der Waals surface area contributed by atoms with Crippen molar-refractivity contribution in [1.29, 1.82) is 0 Å². The van der Waals surface area contributed by atoms with Gasteiger partial charge in [0.25, 0.3) is 5.88 Å². The van der Waals surface area contributed by atoms with E-state index in [1.54, 1.807) is 18.3 Å². The highest BCUT2D eigenvalue weighted by atomic mass is 16.5. The Kier molecular flexibility index (Phi) is 3.80. The first-order chi connectivity index (χ1) is 9.79. The molecular weight excluding hydrogens is 272 g/mol. The third-order valence-corrected chi connectivity index (χ3v) is 2.83. The fourth-order valence-corrected chi connectivity index (χ4v) is 1.80. The Morgan fingerprint density at radius 3 is 2.67 bits per heavy atom. The summed E-state index contributed by atoms with van der Waals surface area (Å²) in [5.74, 6) is -0.894. The van der Waals surface area contributed by atoms with E-state index in [1.807, 2.05) is 20.8 Å². The molecule has 0 amide bonds. The fraction of sp³-hybridized carbons (Fsp3) is 0.267. The molecule has 0 saturated heterocycles. The van der Waals surface area contributed by atoms with Crippen LogP contribution in [0, 0.1) is 0 Å². The van der Waals surface area contributed by atoms with Crippen LogP contribution in [0.4, 0.5) is 0 Å². The van der Waals surface area contributed by atoms with Crippen LogP contribution < -0.4 is 10.3 Å². The number of carbonyl (C=O) groups is 1. The lowest BCUT2D eigenvalue weighted by atomic mass is 10.1. The Balaban J connectivity index is 2.39. The van der Waals surface area contributed by atoms with Gasteiger partial charge in [0.05, 0.1) is 5.56 Å². The maximum Gasteiger partial charge on any atom is 0.335 e. The predicted octanol–water partition coefficient (Wildman–Crippen LogP) is 2.49. The molecule has 0 fully saturated rings. The van der Waals surface area contributed by atoms with Crippen LogP contribution in [0.1, 0.15) is 31.1 Å². The van der Waals surface area contributed by atoms with E-state index in [1.165, 1.54) is 22.9 Å². The van der Waals surface area contributed by atoms with Crippen LogP contribution in [0.25, 0.3) is 0 Å². The molecule has 0 aliphatic heterocycles. The second-order valence-corrected chi connectivity index (χ2v) is 5.51. The molecule has 2 aromatic rings. The number of nitrogens with zero attached hydrogens (tertiary/aromatic N) is 2. The molecule has 0 radical (unpaired) electrons. The Bertz CT molecular complexity index is 729. The van der Waals surface area contributed by atoms with E-state index in [9.17, 15) is 9.59 Å². The van der Waals surface area contributed by atoms with Crippen molar-refractivity contribution < 1.29 is 14.6 Å². The largest absolute Gasteiger partial charge is 0.478 e. The van der Waals surface area contributed by atoms with Crippen molar-refractivity contribution >= 4 is 5.97 Å². The minimum Gasteiger partial charge on any atom is -0.478 e. The van der Waals surface area contributed by atoms with Gasteiger partial charge in [0.1, 0.15) is 5.75 Å². The van der Waals surface area contributed by atoms with Crippen molar-refractivity contribution in [2.45, 2.75) is 26.3 Å². The maximum absolute atomic E-state index is 12.3. The highest BCUT2D eigenvalue weighted by Gasteiger charge is 2.18. The molecule has 1 aromatic carbocycles. The highest BCUT2D eigenvalue weighted by molar-refractivity contribution is 5.88. The van der Waals surface area contributed by atoms with Gasteiger partial charge in [-0.2, -0.15) is 0 Å². The van der Waals surface area contributed by atoms with Crippen LogP contribution in [-0.4, -0.2) is 20.6 Å². The summed E-state index contributed by atoms with van der Waals surface area (Å²) in [7, 11) is 0. The minimum absolute atomic E-state index is 0.0829. The molecular formula is C15H16N2O4. The average molecular weight is 288 g/mol. The molecule has 0 saturated carbocycles. The Hall–Kier alpha value is -2.63. The van der Waals surface area contributed by atoms with Gasteiger partial charge in [0.2, 0.25) is 0 Å². The average Bonchev–Trinajstić information content (AvgIpc) is 2.40. The zero-order valence-corrected chi connectivity index (χ0v) is 12.0. The quantitative estimate of drug-likeness (QED) is 0.938. The molecule has 0 aliphatic rings. The summed E-state index contributed by atoms with van der Waals surface area (Å²) in [6.07, 6.45) is 3.06.